The third-order valence-corrected chi connectivity index (χ3v) is 3.08. The number of nitrogens with zero attached hydrogens (tertiary/aromatic N) is 2. The van der Waals surface area contributed by atoms with E-state index in [0.717, 1.165) is 6.42 Å². The molecule has 1 aromatic carbocycles. The molecule has 1 atom stereocenters. The summed E-state index contributed by atoms with van der Waals surface area (Å²) in [6.45, 7) is 2.18. The summed E-state index contributed by atoms with van der Waals surface area (Å²) in [6, 6.07) is 10.9. The van der Waals surface area contributed by atoms with Crippen molar-refractivity contribution in [1.29, 1.82) is 0 Å². The summed E-state index contributed by atoms with van der Waals surface area (Å²) in [5, 5.41) is 7.63. The van der Waals surface area contributed by atoms with Crippen molar-refractivity contribution in [3.8, 4) is 11.3 Å². The van der Waals surface area contributed by atoms with Gasteiger partial charge in [-0.1, -0.05) is 30.3 Å². The number of hydrogen-bond acceptors (Lipinski definition) is 2. The maximum Gasteiger partial charge on any atom is 0.0711 e. The summed E-state index contributed by atoms with van der Waals surface area (Å²) in [5.41, 5.74) is 3.74. The maximum atomic E-state index is 4.37. The zero-order valence-electron chi connectivity index (χ0n) is 10.6. The molecule has 0 aliphatic rings. The van der Waals surface area contributed by atoms with E-state index in [4.69, 9.17) is 0 Å². The molecule has 3 nitrogen and oxygen atoms in total. The fourth-order valence-corrected chi connectivity index (χ4v) is 2.03. The van der Waals surface area contributed by atoms with Gasteiger partial charge in [-0.25, -0.2) is 0 Å². The number of aromatic nitrogens is 2. The quantitative estimate of drug-likeness (QED) is 0.871. The van der Waals surface area contributed by atoms with Crippen LogP contribution in [0.2, 0.25) is 0 Å². The lowest BCUT2D eigenvalue weighted by Gasteiger charge is -2.11. The van der Waals surface area contributed by atoms with Crippen molar-refractivity contribution in [3.63, 3.8) is 0 Å². The van der Waals surface area contributed by atoms with Crippen LogP contribution in [0.4, 0.5) is 0 Å². The van der Waals surface area contributed by atoms with E-state index < -0.39 is 0 Å². The van der Waals surface area contributed by atoms with Gasteiger partial charge in [0.2, 0.25) is 0 Å². The van der Waals surface area contributed by atoms with Crippen molar-refractivity contribution in [2.75, 3.05) is 7.05 Å². The molecule has 0 saturated heterocycles. The minimum absolute atomic E-state index is 0.460. The minimum atomic E-state index is 0.460. The van der Waals surface area contributed by atoms with E-state index in [1.807, 2.05) is 31.0 Å². The predicted molar refractivity (Wildman–Crippen MR) is 70.9 cm³/mol. The van der Waals surface area contributed by atoms with Gasteiger partial charge in [-0.15, -0.1) is 0 Å². The molecule has 0 amide bonds. The Morgan fingerprint density at radius 1 is 1.29 bits per heavy atom. The molecule has 0 radical (unpaired) electrons. The van der Waals surface area contributed by atoms with E-state index in [2.05, 4.69) is 41.6 Å². The van der Waals surface area contributed by atoms with Gasteiger partial charge in [-0.05, 0) is 26.0 Å². The largest absolute Gasteiger partial charge is 0.317 e. The van der Waals surface area contributed by atoms with E-state index in [1.54, 1.807) is 0 Å². The highest BCUT2D eigenvalue weighted by Crippen LogP contribution is 2.23. The Bertz CT molecular complexity index is 473. The summed E-state index contributed by atoms with van der Waals surface area (Å²) < 4.78 is 1.95. The highest BCUT2D eigenvalue weighted by atomic mass is 15.3. The number of aryl methyl sites for hydroxylation is 1. The normalized spacial score (nSPS) is 12.6. The van der Waals surface area contributed by atoms with Crippen LogP contribution < -0.4 is 5.32 Å². The Kier molecular flexibility index (Phi) is 3.59. The second-order valence-corrected chi connectivity index (χ2v) is 4.40. The molecule has 2 rings (SSSR count). The molecular formula is C14H19N3. The molecule has 1 N–H and O–H groups in total. The van der Waals surface area contributed by atoms with Crippen molar-refractivity contribution in [2.45, 2.75) is 19.4 Å². The van der Waals surface area contributed by atoms with E-state index in [0.29, 0.717) is 6.04 Å². The molecule has 0 saturated carbocycles. The standard InChI is InChI=1S/C14H19N3/c1-11(15-2)9-13-10-16-17(3)14(13)12-7-5-4-6-8-12/h4-8,10-11,15H,9H2,1-3H3. The zero-order valence-corrected chi connectivity index (χ0v) is 10.6. The predicted octanol–water partition coefficient (Wildman–Crippen LogP) is 2.24. The summed E-state index contributed by atoms with van der Waals surface area (Å²) in [5.74, 6) is 0. The number of rotatable bonds is 4. The third kappa shape index (κ3) is 2.56. The maximum absolute atomic E-state index is 4.37. The Labute approximate surface area is 102 Å². The van der Waals surface area contributed by atoms with Gasteiger partial charge in [0.25, 0.3) is 0 Å². The first kappa shape index (κ1) is 11.9. The highest BCUT2D eigenvalue weighted by molar-refractivity contribution is 5.63. The van der Waals surface area contributed by atoms with Gasteiger partial charge < -0.3 is 5.32 Å². The third-order valence-electron chi connectivity index (χ3n) is 3.08. The molecule has 1 unspecified atom stereocenters. The van der Waals surface area contributed by atoms with Gasteiger partial charge in [0, 0.05) is 18.7 Å². The first-order valence-corrected chi connectivity index (χ1v) is 5.96. The molecule has 0 aliphatic carbocycles. The molecule has 2 aromatic rings. The average Bonchev–Trinajstić information content (AvgIpc) is 2.71. The fourth-order valence-electron chi connectivity index (χ4n) is 2.03. The molecular weight excluding hydrogens is 210 g/mol. The van der Waals surface area contributed by atoms with Crippen LogP contribution in [0, 0.1) is 0 Å². The summed E-state index contributed by atoms with van der Waals surface area (Å²) in [4.78, 5) is 0. The van der Waals surface area contributed by atoms with Crippen LogP contribution in [0.3, 0.4) is 0 Å². The van der Waals surface area contributed by atoms with Crippen molar-refractivity contribution in [1.82, 2.24) is 15.1 Å². The van der Waals surface area contributed by atoms with Crippen molar-refractivity contribution < 1.29 is 0 Å². The number of nitrogens with one attached hydrogen (secondary N) is 1. The molecule has 0 bridgehead atoms. The number of benzene rings is 1. The number of hydrogen-bond donors (Lipinski definition) is 1. The van der Waals surface area contributed by atoms with E-state index >= 15 is 0 Å². The van der Waals surface area contributed by atoms with Crippen LogP contribution >= 0.6 is 0 Å². The van der Waals surface area contributed by atoms with Crippen LogP contribution in [0.5, 0.6) is 0 Å². The molecule has 1 heterocycles. The van der Waals surface area contributed by atoms with Gasteiger partial charge in [0.1, 0.15) is 0 Å². The van der Waals surface area contributed by atoms with Crippen molar-refractivity contribution in [2.24, 2.45) is 7.05 Å². The van der Waals surface area contributed by atoms with E-state index in [1.165, 1.54) is 16.8 Å². The van der Waals surface area contributed by atoms with Crippen LogP contribution in [0.1, 0.15) is 12.5 Å². The van der Waals surface area contributed by atoms with Crippen LogP contribution in [0.25, 0.3) is 11.3 Å². The SMILES string of the molecule is CNC(C)Cc1cnn(C)c1-c1ccccc1. The monoisotopic (exact) mass is 229 g/mol. The first-order chi connectivity index (χ1) is 8.22. The second-order valence-electron chi connectivity index (χ2n) is 4.40. The van der Waals surface area contributed by atoms with Gasteiger partial charge >= 0.3 is 0 Å². The Balaban J connectivity index is 2.36. The molecule has 17 heavy (non-hydrogen) atoms. The first-order valence-electron chi connectivity index (χ1n) is 5.96. The van der Waals surface area contributed by atoms with Crippen LogP contribution in [-0.4, -0.2) is 22.9 Å². The Morgan fingerprint density at radius 2 is 2.00 bits per heavy atom. The second kappa shape index (κ2) is 5.15. The van der Waals surface area contributed by atoms with Crippen LogP contribution in [0.15, 0.2) is 36.5 Å². The molecule has 3 heteroatoms. The van der Waals surface area contributed by atoms with Gasteiger partial charge in [-0.3, -0.25) is 4.68 Å². The zero-order chi connectivity index (χ0) is 12.3. The average molecular weight is 229 g/mol. The highest BCUT2D eigenvalue weighted by Gasteiger charge is 2.12. The van der Waals surface area contributed by atoms with E-state index in [-0.39, 0.29) is 0 Å². The van der Waals surface area contributed by atoms with E-state index in [9.17, 15) is 0 Å². The molecule has 0 aliphatic heterocycles. The number of likely N-dealkylation sites (N-methyl/N-ethyl adjacent to an activating group) is 1. The summed E-state index contributed by atoms with van der Waals surface area (Å²) in [7, 11) is 3.99. The fraction of sp³-hybridized carbons (Fsp3) is 0.357. The van der Waals surface area contributed by atoms with Gasteiger partial charge in [0.15, 0.2) is 0 Å². The lowest BCUT2D eigenvalue weighted by atomic mass is 10.0. The summed E-state index contributed by atoms with van der Waals surface area (Å²) >= 11 is 0. The summed E-state index contributed by atoms with van der Waals surface area (Å²) in [6.07, 6.45) is 2.96. The topological polar surface area (TPSA) is 29.9 Å². The lowest BCUT2D eigenvalue weighted by molar-refractivity contribution is 0.609. The van der Waals surface area contributed by atoms with Gasteiger partial charge in [-0.2, -0.15) is 5.10 Å². The van der Waals surface area contributed by atoms with Crippen LogP contribution in [-0.2, 0) is 13.5 Å². The molecule has 0 fully saturated rings. The Hall–Kier alpha value is -1.61. The molecule has 0 spiro atoms. The smallest absolute Gasteiger partial charge is 0.0711 e. The van der Waals surface area contributed by atoms with Crippen molar-refractivity contribution >= 4 is 0 Å². The minimum Gasteiger partial charge on any atom is -0.317 e. The lowest BCUT2D eigenvalue weighted by Crippen LogP contribution is -2.23. The molecule has 90 valence electrons. The van der Waals surface area contributed by atoms with Gasteiger partial charge in [0.05, 0.1) is 11.9 Å². The Morgan fingerprint density at radius 3 is 2.65 bits per heavy atom. The molecule has 1 aromatic heterocycles. The van der Waals surface area contributed by atoms with Crippen molar-refractivity contribution in [3.05, 3.63) is 42.1 Å².